The van der Waals surface area contributed by atoms with E-state index in [1.165, 1.54) is 5.57 Å². The van der Waals surface area contributed by atoms with Crippen molar-refractivity contribution >= 4 is 11.8 Å². The second-order valence-electron chi connectivity index (χ2n) is 10.8. The zero-order valence-electron chi connectivity index (χ0n) is 21.5. The van der Waals surface area contributed by atoms with Gasteiger partial charge in [0.05, 0.1) is 6.10 Å². The van der Waals surface area contributed by atoms with Crippen LogP contribution in [0.1, 0.15) is 106 Å². The van der Waals surface area contributed by atoms with Gasteiger partial charge in [0.1, 0.15) is 5.78 Å². The lowest BCUT2D eigenvalue weighted by Crippen LogP contribution is -2.61. The second-order valence-corrected chi connectivity index (χ2v) is 10.8. The van der Waals surface area contributed by atoms with Gasteiger partial charge in [-0.15, -0.1) is 0 Å². The first-order chi connectivity index (χ1) is 15.2. The summed E-state index contributed by atoms with van der Waals surface area (Å²) in [6.07, 6.45) is 7.96. The molecule has 0 aromatic rings. The molecule has 7 unspecified atom stereocenters. The Balaban J connectivity index is 0.000000860. The van der Waals surface area contributed by atoms with Crippen LogP contribution < -0.4 is 0 Å². The molecule has 4 saturated carbocycles. The van der Waals surface area contributed by atoms with Crippen LogP contribution in [-0.4, -0.2) is 28.1 Å². The lowest BCUT2D eigenvalue weighted by molar-refractivity contribution is -0.177. The van der Waals surface area contributed by atoms with Gasteiger partial charge < -0.3 is 10.2 Å². The summed E-state index contributed by atoms with van der Waals surface area (Å²) in [5.41, 5.74) is 1.28. The monoisotopic (exact) mass is 448 g/mol. The lowest BCUT2D eigenvalue weighted by Gasteiger charge is -2.61. The van der Waals surface area contributed by atoms with Crippen LogP contribution >= 0.6 is 0 Å². The maximum atomic E-state index is 13.4. The van der Waals surface area contributed by atoms with E-state index in [0.29, 0.717) is 36.4 Å². The van der Waals surface area contributed by atoms with Crippen molar-refractivity contribution in [2.75, 3.05) is 0 Å². The van der Waals surface area contributed by atoms with Crippen molar-refractivity contribution in [3.05, 3.63) is 12.2 Å². The van der Waals surface area contributed by atoms with E-state index in [9.17, 15) is 14.7 Å². The number of carboxylic acids is 1. The number of ketones is 1. The summed E-state index contributed by atoms with van der Waals surface area (Å²) < 4.78 is 0. The van der Waals surface area contributed by atoms with Crippen molar-refractivity contribution in [1.82, 2.24) is 0 Å². The molecule has 0 saturated heterocycles. The molecule has 4 heteroatoms. The van der Waals surface area contributed by atoms with E-state index in [1.807, 2.05) is 27.7 Å². The highest BCUT2D eigenvalue weighted by Gasteiger charge is 2.64. The molecule has 0 radical (unpaired) electrons. The van der Waals surface area contributed by atoms with Gasteiger partial charge in [-0.25, -0.2) is 0 Å². The van der Waals surface area contributed by atoms with E-state index in [1.54, 1.807) is 0 Å². The fraction of sp³-hybridized carbons (Fsp3) is 0.857. The Morgan fingerprint density at radius 2 is 1.75 bits per heavy atom. The molecule has 0 aromatic carbocycles. The summed E-state index contributed by atoms with van der Waals surface area (Å²) >= 11 is 0. The number of hydrogen-bond acceptors (Lipinski definition) is 3. The summed E-state index contributed by atoms with van der Waals surface area (Å²) in [5.74, 6) is 0.845. The summed E-state index contributed by atoms with van der Waals surface area (Å²) in [6.45, 7) is 16.8. The van der Waals surface area contributed by atoms with E-state index in [-0.39, 0.29) is 29.1 Å². The Hall–Kier alpha value is -1.16. The van der Waals surface area contributed by atoms with Crippen LogP contribution in [0.2, 0.25) is 0 Å². The van der Waals surface area contributed by atoms with Crippen LogP contribution in [0.5, 0.6) is 0 Å². The van der Waals surface area contributed by atoms with E-state index in [4.69, 9.17) is 5.11 Å². The topological polar surface area (TPSA) is 74.6 Å². The van der Waals surface area contributed by atoms with Crippen molar-refractivity contribution < 1.29 is 19.8 Å². The maximum Gasteiger partial charge on any atom is 0.303 e. The minimum Gasteiger partial charge on any atom is -0.481 e. The fourth-order valence-corrected chi connectivity index (χ4v) is 8.02. The SMILES string of the molecule is C=C1CCC2(C)C(C1)CC(=O)C1C2C(O)CC2(C)C1CC[C@@H]2CCCC(=O)O.CC.CC. The summed E-state index contributed by atoms with van der Waals surface area (Å²) in [6, 6.07) is 0. The van der Waals surface area contributed by atoms with E-state index in [0.717, 1.165) is 44.9 Å². The second kappa shape index (κ2) is 10.8. The highest BCUT2D eigenvalue weighted by molar-refractivity contribution is 5.83. The number of aliphatic carboxylic acids is 1. The molecule has 0 aromatic heterocycles. The molecule has 0 amide bonds. The van der Waals surface area contributed by atoms with Crippen molar-refractivity contribution in [2.24, 2.45) is 40.4 Å². The molecule has 0 spiro atoms. The molecule has 0 aliphatic heterocycles. The van der Waals surface area contributed by atoms with Crippen LogP contribution in [0.25, 0.3) is 0 Å². The number of carbonyl (C=O) groups is 2. The quantitative estimate of drug-likeness (QED) is 0.472. The summed E-state index contributed by atoms with van der Waals surface area (Å²) in [7, 11) is 0. The highest BCUT2D eigenvalue weighted by atomic mass is 16.4. The first-order valence-electron chi connectivity index (χ1n) is 13.3. The molecule has 8 atom stereocenters. The van der Waals surface area contributed by atoms with Gasteiger partial charge in [-0.1, -0.05) is 53.7 Å². The van der Waals surface area contributed by atoms with Crippen molar-refractivity contribution in [3.8, 4) is 0 Å². The number of carboxylic acid groups (broad SMARTS) is 1. The third-order valence-electron chi connectivity index (χ3n) is 9.50. The van der Waals surface area contributed by atoms with Gasteiger partial charge in [-0.05, 0) is 80.0 Å². The average molecular weight is 449 g/mol. The molecule has 4 fully saturated rings. The predicted molar refractivity (Wildman–Crippen MR) is 130 cm³/mol. The normalized spacial score (nSPS) is 42.3. The Kier molecular flexibility index (Phi) is 9.18. The first kappa shape index (κ1) is 27.1. The predicted octanol–water partition coefficient (Wildman–Crippen LogP) is 6.66. The minimum atomic E-state index is -0.733. The number of carbonyl (C=O) groups excluding carboxylic acids is 1. The van der Waals surface area contributed by atoms with Crippen LogP contribution in [0, 0.1) is 40.4 Å². The average Bonchev–Trinajstić information content (AvgIpc) is 3.07. The molecule has 2 N–H and O–H groups in total. The number of rotatable bonds is 4. The van der Waals surface area contributed by atoms with E-state index < -0.39 is 12.1 Å². The Morgan fingerprint density at radius 1 is 1.09 bits per heavy atom. The number of Topliss-reactive ketones (excluding diaryl/α,β-unsaturated/α-hetero) is 1. The molecule has 4 nitrogen and oxygen atoms in total. The van der Waals surface area contributed by atoms with Crippen molar-refractivity contribution in [2.45, 2.75) is 112 Å². The van der Waals surface area contributed by atoms with Gasteiger partial charge in [0, 0.05) is 24.7 Å². The number of hydrogen-bond donors (Lipinski definition) is 2. The molecule has 4 rings (SSSR count). The maximum absolute atomic E-state index is 13.4. The third-order valence-corrected chi connectivity index (χ3v) is 9.50. The number of allylic oxidation sites excluding steroid dienone is 1. The molecule has 184 valence electrons. The van der Waals surface area contributed by atoms with Crippen LogP contribution in [-0.2, 0) is 9.59 Å². The first-order valence-corrected chi connectivity index (χ1v) is 13.3. The zero-order chi connectivity index (χ0) is 24.3. The molecule has 4 aliphatic rings. The van der Waals surface area contributed by atoms with Gasteiger partial charge in [-0.2, -0.15) is 0 Å². The van der Waals surface area contributed by atoms with E-state index >= 15 is 0 Å². The van der Waals surface area contributed by atoms with Gasteiger partial charge in [0.25, 0.3) is 0 Å². The van der Waals surface area contributed by atoms with Gasteiger partial charge in [-0.3, -0.25) is 9.59 Å². The number of aliphatic hydroxyl groups is 1. The van der Waals surface area contributed by atoms with Gasteiger partial charge >= 0.3 is 5.97 Å². The third kappa shape index (κ3) is 4.72. The Morgan fingerprint density at radius 3 is 2.38 bits per heavy atom. The van der Waals surface area contributed by atoms with Gasteiger partial charge in [0.2, 0.25) is 0 Å². The highest BCUT2D eigenvalue weighted by Crippen LogP contribution is 2.67. The molecular formula is C28H48O4. The summed E-state index contributed by atoms with van der Waals surface area (Å²) in [5, 5.41) is 20.3. The molecule has 32 heavy (non-hydrogen) atoms. The van der Waals surface area contributed by atoms with E-state index in [2.05, 4.69) is 20.4 Å². The number of fused-ring (bicyclic) bond motifs is 5. The minimum absolute atomic E-state index is 0.00848. The molecule has 4 aliphatic carbocycles. The molecular weight excluding hydrogens is 400 g/mol. The Bertz CT molecular complexity index is 685. The van der Waals surface area contributed by atoms with Crippen molar-refractivity contribution in [3.63, 3.8) is 0 Å². The van der Waals surface area contributed by atoms with Crippen molar-refractivity contribution in [1.29, 1.82) is 0 Å². The smallest absolute Gasteiger partial charge is 0.303 e. The van der Waals surface area contributed by atoms with Crippen LogP contribution in [0.3, 0.4) is 0 Å². The largest absolute Gasteiger partial charge is 0.481 e. The fourth-order valence-electron chi connectivity index (χ4n) is 8.02. The number of aliphatic hydroxyl groups excluding tert-OH is 1. The standard InChI is InChI=1S/C24H36O4.2C2H6/c1-14-9-10-23(2)16(11-14)12-18(25)21-17-8-7-15(5-4-6-20(27)28)24(17,3)13-19(26)22(21)23;2*1-2/h15-17,19,21-22,26H,1,4-13H2,2-3H3,(H,27,28);2*1-2H3/t15-,16?,17?,19?,21?,22?,23?,24?;;/m0../s1. The molecule has 0 bridgehead atoms. The lowest BCUT2D eigenvalue weighted by atomic mass is 9.43. The van der Waals surface area contributed by atoms with Gasteiger partial charge in [0.15, 0.2) is 0 Å². The molecule has 0 heterocycles. The van der Waals surface area contributed by atoms with Crippen LogP contribution in [0.15, 0.2) is 12.2 Å². The zero-order valence-corrected chi connectivity index (χ0v) is 21.5. The Labute approximate surface area is 196 Å². The summed E-state index contributed by atoms with van der Waals surface area (Å²) in [4.78, 5) is 24.3. The van der Waals surface area contributed by atoms with Crippen LogP contribution in [0.4, 0.5) is 0 Å².